The van der Waals surface area contributed by atoms with Crippen LogP contribution in [0.25, 0.3) is 0 Å². The fourth-order valence-electron chi connectivity index (χ4n) is 3.45. The summed E-state index contributed by atoms with van der Waals surface area (Å²) in [5.41, 5.74) is 0.292. The van der Waals surface area contributed by atoms with Crippen molar-refractivity contribution in [3.8, 4) is 0 Å². The molecule has 0 spiro atoms. The van der Waals surface area contributed by atoms with Crippen LogP contribution in [0.15, 0.2) is 18.2 Å². The Hall–Kier alpha value is -2.15. The number of benzene rings is 1. The molecule has 8 heteroatoms. The van der Waals surface area contributed by atoms with Crippen LogP contribution in [-0.2, 0) is 20.9 Å². The van der Waals surface area contributed by atoms with Gasteiger partial charge >= 0.3 is 5.97 Å². The highest BCUT2D eigenvalue weighted by Crippen LogP contribution is 2.33. The first kappa shape index (κ1) is 19.6. The summed E-state index contributed by atoms with van der Waals surface area (Å²) in [6, 6.07) is 3.31. The molecule has 2 amide bonds. The van der Waals surface area contributed by atoms with Gasteiger partial charge in [0.1, 0.15) is 11.9 Å². The van der Waals surface area contributed by atoms with Crippen LogP contribution in [0.2, 0.25) is 5.02 Å². The zero-order valence-electron chi connectivity index (χ0n) is 14.8. The Kier molecular flexibility index (Phi) is 5.99. The number of carboxylic acids is 1. The van der Waals surface area contributed by atoms with E-state index in [1.165, 1.54) is 11.0 Å². The summed E-state index contributed by atoms with van der Waals surface area (Å²) in [6.45, 7) is 0.0353. The number of hydrogen-bond donors (Lipinski definition) is 2. The van der Waals surface area contributed by atoms with Gasteiger partial charge in [-0.25, -0.2) is 9.18 Å². The highest BCUT2D eigenvalue weighted by Gasteiger charge is 2.35. The number of carbonyl (C=O) groups is 3. The molecule has 1 aliphatic heterocycles. The molecule has 0 radical (unpaired) electrons. The molecule has 0 bridgehead atoms. The number of nitrogens with one attached hydrogen (secondary N) is 1. The third-order valence-corrected chi connectivity index (χ3v) is 5.44. The normalized spacial score (nSPS) is 20.6. The monoisotopic (exact) mass is 396 g/mol. The maximum atomic E-state index is 14.1. The number of aliphatic carboxylic acids is 1. The van der Waals surface area contributed by atoms with E-state index in [2.05, 4.69) is 5.32 Å². The number of amides is 2. The lowest BCUT2D eigenvalue weighted by Crippen LogP contribution is -2.44. The Balaban J connectivity index is 1.62. The summed E-state index contributed by atoms with van der Waals surface area (Å²) < 4.78 is 14.1. The van der Waals surface area contributed by atoms with Crippen LogP contribution in [0, 0.1) is 11.7 Å². The van der Waals surface area contributed by atoms with Gasteiger partial charge < -0.3 is 15.3 Å². The highest BCUT2D eigenvalue weighted by molar-refractivity contribution is 6.30. The van der Waals surface area contributed by atoms with Crippen LogP contribution in [0.1, 0.15) is 44.1 Å². The highest BCUT2D eigenvalue weighted by atomic mass is 35.5. The number of rotatable bonds is 8. The molecule has 1 aromatic carbocycles. The van der Waals surface area contributed by atoms with Crippen LogP contribution in [0.4, 0.5) is 4.39 Å². The van der Waals surface area contributed by atoms with Crippen molar-refractivity contribution in [3.05, 3.63) is 34.6 Å². The largest absolute Gasteiger partial charge is 0.480 e. The van der Waals surface area contributed by atoms with Crippen LogP contribution in [-0.4, -0.2) is 39.9 Å². The predicted molar refractivity (Wildman–Crippen MR) is 96.5 cm³/mol. The van der Waals surface area contributed by atoms with Crippen molar-refractivity contribution in [3.63, 3.8) is 0 Å². The van der Waals surface area contributed by atoms with Crippen LogP contribution in [0.5, 0.6) is 0 Å². The summed E-state index contributed by atoms with van der Waals surface area (Å²) in [5.74, 6) is -1.81. The lowest BCUT2D eigenvalue weighted by molar-refractivity contribution is -0.142. The Morgan fingerprint density at radius 3 is 2.74 bits per heavy atom. The molecule has 1 aromatic rings. The summed E-state index contributed by atoms with van der Waals surface area (Å²) in [4.78, 5) is 37.3. The van der Waals surface area contributed by atoms with E-state index >= 15 is 0 Å². The Bertz CT molecular complexity index is 753. The molecule has 6 nitrogen and oxygen atoms in total. The molecule has 1 aliphatic carbocycles. The molecule has 146 valence electrons. The summed E-state index contributed by atoms with van der Waals surface area (Å²) in [7, 11) is 0. The van der Waals surface area contributed by atoms with Gasteiger partial charge in [0.2, 0.25) is 11.8 Å². The minimum Gasteiger partial charge on any atom is -0.480 e. The number of halogens is 2. The summed E-state index contributed by atoms with van der Waals surface area (Å²) in [6.07, 6.45) is 3.19. The van der Waals surface area contributed by atoms with Gasteiger partial charge in [-0.2, -0.15) is 0 Å². The third kappa shape index (κ3) is 4.97. The first-order chi connectivity index (χ1) is 12.8. The Morgan fingerprint density at radius 2 is 2.07 bits per heavy atom. The number of hydrogen-bond acceptors (Lipinski definition) is 3. The zero-order chi connectivity index (χ0) is 19.6. The van der Waals surface area contributed by atoms with Crippen molar-refractivity contribution in [1.82, 2.24) is 10.2 Å². The van der Waals surface area contributed by atoms with Gasteiger partial charge in [-0.05, 0) is 24.8 Å². The number of carbonyl (C=O) groups excluding carboxylic acids is 2. The van der Waals surface area contributed by atoms with Crippen molar-refractivity contribution in [2.45, 2.75) is 57.2 Å². The standard InChI is InChI=1S/C19H22ClFN2O4/c20-14-3-1-2-12(18(14)21)10-23-13(6-7-17(23)25)9-16(24)22-15(19(26)27)8-11-4-5-11/h1-3,11,13,15H,4-10H2,(H,22,24)(H,26,27)/t13-,15-/m0/s1. The SMILES string of the molecule is O=C(C[C@@H]1CCC(=O)N1Cc1cccc(Cl)c1F)N[C@@H](CC1CC1)C(=O)O. The third-order valence-electron chi connectivity index (χ3n) is 5.15. The van der Waals surface area contributed by atoms with Crippen LogP contribution in [0.3, 0.4) is 0 Å². The van der Waals surface area contributed by atoms with Gasteiger partial charge in [0.05, 0.1) is 5.02 Å². The molecule has 0 aromatic heterocycles. The molecule has 1 saturated heterocycles. The van der Waals surface area contributed by atoms with Gasteiger partial charge in [-0.15, -0.1) is 0 Å². The second-order valence-corrected chi connectivity index (χ2v) is 7.68. The second kappa shape index (κ2) is 8.25. The Morgan fingerprint density at radius 1 is 1.33 bits per heavy atom. The molecule has 1 heterocycles. The van der Waals surface area contributed by atoms with Crippen molar-refractivity contribution >= 4 is 29.4 Å². The Labute approximate surface area is 161 Å². The molecular formula is C19H22ClFN2O4. The molecule has 2 fully saturated rings. The second-order valence-electron chi connectivity index (χ2n) is 7.27. The molecule has 2 aliphatic rings. The lowest BCUT2D eigenvalue weighted by Gasteiger charge is -2.25. The average molecular weight is 397 g/mol. The van der Waals surface area contributed by atoms with Crippen molar-refractivity contribution in [2.24, 2.45) is 5.92 Å². The van der Waals surface area contributed by atoms with Crippen LogP contribution < -0.4 is 5.32 Å². The predicted octanol–water partition coefficient (Wildman–Crippen LogP) is 2.73. The number of carboxylic acid groups (broad SMARTS) is 1. The minimum absolute atomic E-state index is 0.00235. The number of nitrogens with zero attached hydrogens (tertiary/aromatic N) is 1. The van der Waals surface area contributed by atoms with Crippen molar-refractivity contribution in [2.75, 3.05) is 0 Å². The number of likely N-dealkylation sites (tertiary alicyclic amines) is 1. The van der Waals surface area contributed by atoms with E-state index in [1.807, 2.05) is 0 Å². The van der Waals surface area contributed by atoms with Crippen molar-refractivity contribution in [1.29, 1.82) is 0 Å². The van der Waals surface area contributed by atoms with Crippen LogP contribution >= 0.6 is 11.6 Å². The smallest absolute Gasteiger partial charge is 0.326 e. The van der Waals surface area contributed by atoms with E-state index in [0.717, 1.165) is 12.8 Å². The maximum absolute atomic E-state index is 14.1. The van der Waals surface area contributed by atoms with Gasteiger partial charge in [0.25, 0.3) is 0 Å². The molecular weight excluding hydrogens is 375 g/mol. The van der Waals surface area contributed by atoms with Gasteiger partial charge in [0.15, 0.2) is 0 Å². The van der Waals surface area contributed by atoms with Gasteiger partial charge in [-0.1, -0.05) is 36.6 Å². The first-order valence-electron chi connectivity index (χ1n) is 9.09. The summed E-state index contributed by atoms with van der Waals surface area (Å²) >= 11 is 5.79. The zero-order valence-corrected chi connectivity index (χ0v) is 15.5. The van der Waals surface area contributed by atoms with E-state index in [0.29, 0.717) is 24.3 Å². The van der Waals surface area contributed by atoms with Crippen molar-refractivity contribution < 1.29 is 23.9 Å². The molecule has 0 unspecified atom stereocenters. The van der Waals surface area contributed by atoms with E-state index < -0.39 is 23.7 Å². The van der Waals surface area contributed by atoms with E-state index in [9.17, 15) is 23.9 Å². The summed E-state index contributed by atoms with van der Waals surface area (Å²) in [5, 5.41) is 11.8. The molecule has 2 atom stereocenters. The lowest BCUT2D eigenvalue weighted by atomic mass is 10.1. The minimum atomic E-state index is -1.05. The van der Waals surface area contributed by atoms with Gasteiger partial charge in [0, 0.05) is 31.0 Å². The maximum Gasteiger partial charge on any atom is 0.326 e. The topological polar surface area (TPSA) is 86.7 Å². The fourth-order valence-corrected chi connectivity index (χ4v) is 3.65. The molecule has 2 N–H and O–H groups in total. The molecule has 3 rings (SSSR count). The van der Waals surface area contributed by atoms with E-state index in [1.54, 1.807) is 12.1 Å². The molecule has 27 heavy (non-hydrogen) atoms. The fraction of sp³-hybridized carbons (Fsp3) is 0.526. The molecule has 1 saturated carbocycles. The quantitative estimate of drug-likeness (QED) is 0.707. The van der Waals surface area contributed by atoms with E-state index in [4.69, 9.17) is 11.6 Å². The average Bonchev–Trinajstić information content (AvgIpc) is 3.37. The van der Waals surface area contributed by atoms with E-state index in [-0.39, 0.29) is 36.4 Å². The first-order valence-corrected chi connectivity index (χ1v) is 9.47. The van der Waals surface area contributed by atoms with Gasteiger partial charge in [-0.3, -0.25) is 9.59 Å².